The second kappa shape index (κ2) is 7.87. The summed E-state index contributed by atoms with van der Waals surface area (Å²) in [6.45, 7) is 1.57. The molecular formula is C18H14Cl2N4O4. The van der Waals surface area contributed by atoms with Gasteiger partial charge in [0.15, 0.2) is 0 Å². The minimum absolute atomic E-state index is 0.0446. The minimum Gasteiger partial charge on any atom is -0.327 e. The maximum absolute atomic E-state index is 12.9. The van der Waals surface area contributed by atoms with Crippen molar-refractivity contribution in [1.29, 1.82) is 0 Å². The lowest BCUT2D eigenvalue weighted by Gasteiger charge is -2.28. The average molecular weight is 421 g/mol. The molecule has 8 nitrogen and oxygen atoms in total. The molecule has 0 saturated heterocycles. The fourth-order valence-electron chi connectivity index (χ4n) is 2.85. The van der Waals surface area contributed by atoms with Crippen LogP contribution in [0, 0.1) is 10.1 Å². The first-order chi connectivity index (χ1) is 13.3. The molecule has 3 rings (SSSR count). The number of anilines is 1. The number of nitrogens with one attached hydrogen (secondary N) is 3. The Morgan fingerprint density at radius 2 is 1.89 bits per heavy atom. The van der Waals surface area contributed by atoms with Gasteiger partial charge in [0, 0.05) is 11.8 Å². The van der Waals surface area contributed by atoms with Crippen LogP contribution in [0.5, 0.6) is 0 Å². The molecule has 2 aromatic carbocycles. The van der Waals surface area contributed by atoms with Gasteiger partial charge in [0.05, 0.1) is 27.2 Å². The van der Waals surface area contributed by atoms with E-state index >= 15 is 0 Å². The van der Waals surface area contributed by atoms with E-state index in [-0.39, 0.29) is 16.3 Å². The minimum atomic E-state index is -0.910. The highest BCUT2D eigenvalue weighted by Gasteiger charge is 2.32. The van der Waals surface area contributed by atoms with Gasteiger partial charge in [-0.1, -0.05) is 41.4 Å². The summed E-state index contributed by atoms with van der Waals surface area (Å²) < 4.78 is 0. The third-order valence-corrected chi connectivity index (χ3v) is 4.79. The zero-order chi connectivity index (χ0) is 20.4. The Kier molecular flexibility index (Phi) is 5.53. The molecule has 1 aliphatic rings. The summed E-state index contributed by atoms with van der Waals surface area (Å²) in [5.74, 6) is -0.513. The number of hydrogen-bond donors (Lipinski definition) is 3. The van der Waals surface area contributed by atoms with E-state index in [4.69, 9.17) is 23.2 Å². The Bertz CT molecular complexity index is 1020. The fourth-order valence-corrected chi connectivity index (χ4v) is 3.22. The normalized spacial score (nSPS) is 16.2. The standard InChI is InChI=1S/C18H14Cl2N4O4/c1-9-15(17(25)22-13-5-3-2-4-11(13)19)16(23-18(26)21-9)10-6-7-12(20)14(8-10)24(27)28/h2-8,16H,1H3,(H,22,25)(H2,21,23,26). The van der Waals surface area contributed by atoms with Crippen LogP contribution in [0.15, 0.2) is 53.7 Å². The van der Waals surface area contributed by atoms with Crippen LogP contribution in [0.1, 0.15) is 18.5 Å². The predicted molar refractivity (Wildman–Crippen MR) is 105 cm³/mol. The third-order valence-electron chi connectivity index (χ3n) is 4.14. The van der Waals surface area contributed by atoms with E-state index < -0.39 is 22.9 Å². The molecule has 144 valence electrons. The molecule has 3 amide bonds. The van der Waals surface area contributed by atoms with E-state index in [1.807, 2.05) is 0 Å². The van der Waals surface area contributed by atoms with Crippen LogP contribution in [0.3, 0.4) is 0 Å². The highest BCUT2D eigenvalue weighted by molar-refractivity contribution is 6.34. The zero-order valence-electron chi connectivity index (χ0n) is 14.5. The number of allylic oxidation sites excluding steroid dienone is 1. The molecule has 0 fully saturated rings. The highest BCUT2D eigenvalue weighted by atomic mass is 35.5. The molecule has 10 heteroatoms. The largest absolute Gasteiger partial charge is 0.327 e. The number of halogens is 2. The summed E-state index contributed by atoms with van der Waals surface area (Å²) in [7, 11) is 0. The Balaban J connectivity index is 2.02. The summed E-state index contributed by atoms with van der Waals surface area (Å²) in [5.41, 5.74) is 0.921. The highest BCUT2D eigenvalue weighted by Crippen LogP contribution is 2.33. The van der Waals surface area contributed by atoms with Crippen molar-refractivity contribution >= 4 is 46.5 Å². The van der Waals surface area contributed by atoms with Crippen LogP contribution in [0.4, 0.5) is 16.2 Å². The van der Waals surface area contributed by atoms with Crippen molar-refractivity contribution < 1.29 is 14.5 Å². The number of nitro benzene ring substituents is 1. The van der Waals surface area contributed by atoms with Gasteiger partial charge in [0.1, 0.15) is 5.02 Å². The molecule has 1 atom stereocenters. The lowest BCUT2D eigenvalue weighted by molar-refractivity contribution is -0.384. The second-order valence-electron chi connectivity index (χ2n) is 5.97. The van der Waals surface area contributed by atoms with E-state index in [0.717, 1.165) is 0 Å². The number of amides is 3. The number of benzene rings is 2. The molecule has 2 aromatic rings. The predicted octanol–water partition coefficient (Wildman–Crippen LogP) is 4.17. The Hall–Kier alpha value is -3.10. The number of para-hydroxylation sites is 1. The monoisotopic (exact) mass is 420 g/mol. The van der Waals surface area contributed by atoms with Gasteiger partial charge < -0.3 is 16.0 Å². The quantitative estimate of drug-likeness (QED) is 0.508. The van der Waals surface area contributed by atoms with Gasteiger partial charge >= 0.3 is 6.03 Å². The lowest BCUT2D eigenvalue weighted by atomic mass is 9.94. The van der Waals surface area contributed by atoms with Crippen molar-refractivity contribution in [3.05, 3.63) is 79.5 Å². The van der Waals surface area contributed by atoms with Crippen LogP contribution < -0.4 is 16.0 Å². The van der Waals surface area contributed by atoms with Crippen LogP contribution in [0.25, 0.3) is 0 Å². The number of nitro groups is 1. The van der Waals surface area contributed by atoms with Gasteiger partial charge in [-0.3, -0.25) is 14.9 Å². The molecule has 0 aliphatic carbocycles. The maximum Gasteiger partial charge on any atom is 0.319 e. The average Bonchev–Trinajstić information content (AvgIpc) is 2.63. The first-order valence-electron chi connectivity index (χ1n) is 8.06. The molecule has 0 saturated carbocycles. The molecule has 28 heavy (non-hydrogen) atoms. The van der Waals surface area contributed by atoms with Gasteiger partial charge in [-0.2, -0.15) is 0 Å². The number of rotatable bonds is 4. The first-order valence-corrected chi connectivity index (χ1v) is 8.81. The second-order valence-corrected chi connectivity index (χ2v) is 6.79. The van der Waals surface area contributed by atoms with E-state index in [2.05, 4.69) is 16.0 Å². The number of nitrogens with zero attached hydrogens (tertiary/aromatic N) is 1. The Labute approximate surface area is 169 Å². The fraction of sp³-hybridized carbons (Fsp3) is 0.111. The Morgan fingerprint density at radius 3 is 2.57 bits per heavy atom. The maximum atomic E-state index is 12.9. The van der Waals surface area contributed by atoms with Crippen LogP contribution in [-0.2, 0) is 4.79 Å². The molecule has 3 N–H and O–H groups in total. The van der Waals surface area contributed by atoms with Crippen LogP contribution in [-0.4, -0.2) is 16.9 Å². The molecule has 0 radical (unpaired) electrons. The molecule has 1 heterocycles. The van der Waals surface area contributed by atoms with Crippen molar-refractivity contribution in [3.63, 3.8) is 0 Å². The summed E-state index contributed by atoms with van der Waals surface area (Å²) >= 11 is 12.0. The number of urea groups is 1. The van der Waals surface area contributed by atoms with Gasteiger partial charge in [0.2, 0.25) is 0 Å². The van der Waals surface area contributed by atoms with Crippen molar-refractivity contribution in [3.8, 4) is 0 Å². The summed E-state index contributed by atoms with van der Waals surface area (Å²) in [5, 5.41) is 19.3. The van der Waals surface area contributed by atoms with E-state index in [0.29, 0.717) is 22.0 Å². The van der Waals surface area contributed by atoms with Crippen molar-refractivity contribution in [2.75, 3.05) is 5.32 Å². The molecule has 1 aliphatic heterocycles. The van der Waals surface area contributed by atoms with Gasteiger partial charge in [-0.25, -0.2) is 4.79 Å². The Morgan fingerprint density at radius 1 is 1.18 bits per heavy atom. The number of carbonyl (C=O) groups is 2. The smallest absolute Gasteiger partial charge is 0.319 e. The van der Waals surface area contributed by atoms with Crippen molar-refractivity contribution in [2.45, 2.75) is 13.0 Å². The topological polar surface area (TPSA) is 113 Å². The molecule has 0 spiro atoms. The van der Waals surface area contributed by atoms with Crippen LogP contribution >= 0.6 is 23.2 Å². The molecule has 1 unspecified atom stereocenters. The van der Waals surface area contributed by atoms with Gasteiger partial charge in [-0.15, -0.1) is 0 Å². The SMILES string of the molecule is CC1=C(C(=O)Nc2ccccc2Cl)C(c2ccc(Cl)c([N+](=O)[O-])c2)NC(=O)N1. The third kappa shape index (κ3) is 3.92. The number of carbonyl (C=O) groups excluding carboxylic acids is 2. The summed E-state index contributed by atoms with van der Waals surface area (Å²) in [6.07, 6.45) is 0. The van der Waals surface area contributed by atoms with Gasteiger partial charge in [0.25, 0.3) is 11.6 Å². The van der Waals surface area contributed by atoms with Gasteiger partial charge in [-0.05, 0) is 30.7 Å². The van der Waals surface area contributed by atoms with Crippen LogP contribution in [0.2, 0.25) is 10.0 Å². The zero-order valence-corrected chi connectivity index (χ0v) is 16.0. The van der Waals surface area contributed by atoms with Crippen molar-refractivity contribution in [2.24, 2.45) is 0 Å². The lowest BCUT2D eigenvalue weighted by Crippen LogP contribution is -2.46. The molecular weight excluding hydrogens is 407 g/mol. The molecule has 0 bridgehead atoms. The molecule has 0 aromatic heterocycles. The van der Waals surface area contributed by atoms with Crippen molar-refractivity contribution in [1.82, 2.24) is 10.6 Å². The van der Waals surface area contributed by atoms with E-state index in [1.165, 1.54) is 18.2 Å². The van der Waals surface area contributed by atoms with E-state index in [9.17, 15) is 19.7 Å². The summed E-state index contributed by atoms with van der Waals surface area (Å²) in [6, 6.07) is 9.34. The van der Waals surface area contributed by atoms with E-state index in [1.54, 1.807) is 31.2 Å². The first kappa shape index (κ1) is 19.7. The number of hydrogen-bond acceptors (Lipinski definition) is 4. The summed E-state index contributed by atoms with van der Waals surface area (Å²) in [4.78, 5) is 35.4.